The summed E-state index contributed by atoms with van der Waals surface area (Å²) in [5.74, 6) is -1.65. The summed E-state index contributed by atoms with van der Waals surface area (Å²) in [5, 5.41) is 12.2. The van der Waals surface area contributed by atoms with Gasteiger partial charge < -0.3 is 15.2 Å². The molecule has 1 aromatic heterocycles. The van der Waals surface area contributed by atoms with Crippen molar-refractivity contribution in [3.8, 4) is 0 Å². The highest BCUT2D eigenvalue weighted by Crippen LogP contribution is 2.17. The Morgan fingerprint density at radius 2 is 1.96 bits per heavy atom. The fraction of sp³-hybridized carbons (Fsp3) is 0.235. The molecule has 126 valence electrons. The fourth-order valence-electron chi connectivity index (χ4n) is 2.23. The SMILES string of the molecule is CO[C@H](C(=O)N[C@@H](Cc1ccc(Cl)nc1)C(=O)O)c1ccccc1. The zero-order valence-electron chi connectivity index (χ0n) is 13.0. The Morgan fingerprint density at radius 3 is 2.50 bits per heavy atom. The Morgan fingerprint density at radius 1 is 1.25 bits per heavy atom. The quantitative estimate of drug-likeness (QED) is 0.749. The van der Waals surface area contributed by atoms with E-state index in [2.05, 4.69) is 10.3 Å². The molecule has 0 radical (unpaired) electrons. The number of carboxylic acid groups (broad SMARTS) is 1. The number of ether oxygens (including phenoxy) is 1. The van der Waals surface area contributed by atoms with Gasteiger partial charge in [-0.3, -0.25) is 4.79 Å². The number of halogens is 1. The molecule has 24 heavy (non-hydrogen) atoms. The average molecular weight is 349 g/mol. The summed E-state index contributed by atoms with van der Waals surface area (Å²) in [5.41, 5.74) is 1.30. The van der Waals surface area contributed by atoms with E-state index in [0.29, 0.717) is 16.3 Å². The van der Waals surface area contributed by atoms with Crippen LogP contribution in [0.3, 0.4) is 0 Å². The van der Waals surface area contributed by atoms with Crippen molar-refractivity contribution in [1.82, 2.24) is 10.3 Å². The van der Waals surface area contributed by atoms with Crippen LogP contribution in [0.4, 0.5) is 0 Å². The van der Waals surface area contributed by atoms with Gasteiger partial charge in [-0.05, 0) is 17.2 Å². The first-order valence-electron chi connectivity index (χ1n) is 7.22. The summed E-state index contributed by atoms with van der Waals surface area (Å²) in [6.07, 6.45) is 0.697. The summed E-state index contributed by atoms with van der Waals surface area (Å²) in [6, 6.07) is 11.0. The molecule has 0 saturated heterocycles. The highest BCUT2D eigenvalue weighted by Gasteiger charge is 2.26. The molecule has 0 unspecified atom stereocenters. The van der Waals surface area contributed by atoms with Crippen molar-refractivity contribution in [1.29, 1.82) is 0 Å². The van der Waals surface area contributed by atoms with Crippen LogP contribution in [-0.2, 0) is 20.7 Å². The zero-order valence-corrected chi connectivity index (χ0v) is 13.7. The van der Waals surface area contributed by atoms with Gasteiger partial charge in [0.05, 0.1) is 0 Å². The molecule has 2 rings (SSSR count). The van der Waals surface area contributed by atoms with Crippen molar-refractivity contribution in [2.45, 2.75) is 18.6 Å². The molecule has 0 aliphatic carbocycles. The number of carbonyl (C=O) groups is 2. The van der Waals surface area contributed by atoms with Gasteiger partial charge >= 0.3 is 5.97 Å². The van der Waals surface area contributed by atoms with Gasteiger partial charge in [0.1, 0.15) is 11.2 Å². The second-order valence-electron chi connectivity index (χ2n) is 5.12. The maximum absolute atomic E-state index is 12.4. The summed E-state index contributed by atoms with van der Waals surface area (Å²) >= 11 is 5.71. The third-order valence-electron chi connectivity index (χ3n) is 3.42. The number of pyridine rings is 1. The third kappa shape index (κ3) is 4.78. The largest absolute Gasteiger partial charge is 0.480 e. The number of hydrogen-bond donors (Lipinski definition) is 2. The number of aromatic nitrogens is 1. The lowest BCUT2D eigenvalue weighted by atomic mass is 10.1. The predicted octanol–water partition coefficient (Wildman–Crippen LogP) is 2.23. The lowest BCUT2D eigenvalue weighted by molar-refractivity contribution is -0.144. The van der Waals surface area contributed by atoms with Gasteiger partial charge in [-0.1, -0.05) is 48.0 Å². The molecule has 2 N–H and O–H groups in total. The number of carbonyl (C=O) groups excluding carboxylic acids is 1. The van der Waals surface area contributed by atoms with Gasteiger partial charge in [0.15, 0.2) is 6.10 Å². The molecular formula is C17H17ClN2O4. The number of hydrogen-bond acceptors (Lipinski definition) is 4. The molecule has 1 amide bonds. The topological polar surface area (TPSA) is 88.5 Å². The first-order chi connectivity index (χ1) is 11.5. The van der Waals surface area contributed by atoms with E-state index < -0.39 is 24.0 Å². The number of aliphatic carboxylic acids is 1. The average Bonchev–Trinajstić information content (AvgIpc) is 2.57. The molecule has 0 saturated carbocycles. The molecule has 0 spiro atoms. The normalized spacial score (nSPS) is 13.1. The van der Waals surface area contributed by atoms with Crippen molar-refractivity contribution in [2.24, 2.45) is 0 Å². The first kappa shape index (κ1) is 17.9. The Hall–Kier alpha value is -2.44. The van der Waals surface area contributed by atoms with Crippen molar-refractivity contribution in [2.75, 3.05) is 7.11 Å². The number of methoxy groups -OCH3 is 1. The maximum atomic E-state index is 12.4. The number of rotatable bonds is 7. The van der Waals surface area contributed by atoms with E-state index in [9.17, 15) is 14.7 Å². The molecule has 2 aromatic rings. The lowest BCUT2D eigenvalue weighted by Crippen LogP contribution is -2.44. The molecule has 0 fully saturated rings. The van der Waals surface area contributed by atoms with E-state index in [1.165, 1.54) is 13.3 Å². The van der Waals surface area contributed by atoms with Crippen LogP contribution in [0, 0.1) is 0 Å². The third-order valence-corrected chi connectivity index (χ3v) is 3.64. The van der Waals surface area contributed by atoms with E-state index in [0.717, 1.165) is 0 Å². The molecule has 7 heteroatoms. The highest BCUT2D eigenvalue weighted by molar-refractivity contribution is 6.29. The summed E-state index contributed by atoms with van der Waals surface area (Å²) in [7, 11) is 1.40. The van der Waals surface area contributed by atoms with E-state index in [4.69, 9.17) is 16.3 Å². The molecule has 0 aliphatic rings. The van der Waals surface area contributed by atoms with Crippen molar-refractivity contribution < 1.29 is 19.4 Å². The van der Waals surface area contributed by atoms with Crippen LogP contribution >= 0.6 is 11.6 Å². The van der Waals surface area contributed by atoms with Gasteiger partial charge in [-0.2, -0.15) is 0 Å². The van der Waals surface area contributed by atoms with E-state index in [-0.39, 0.29) is 6.42 Å². The number of nitrogens with one attached hydrogen (secondary N) is 1. The van der Waals surface area contributed by atoms with Crippen LogP contribution in [0.25, 0.3) is 0 Å². The lowest BCUT2D eigenvalue weighted by Gasteiger charge is -2.19. The second-order valence-corrected chi connectivity index (χ2v) is 5.51. The Labute approximate surface area is 144 Å². The van der Waals surface area contributed by atoms with Gasteiger partial charge in [0.2, 0.25) is 0 Å². The summed E-state index contributed by atoms with van der Waals surface area (Å²) in [6.45, 7) is 0. The van der Waals surface area contributed by atoms with Crippen molar-refractivity contribution in [3.05, 3.63) is 64.9 Å². The second kappa shape index (κ2) is 8.42. The highest BCUT2D eigenvalue weighted by atomic mass is 35.5. The fourth-order valence-corrected chi connectivity index (χ4v) is 2.34. The van der Waals surface area contributed by atoms with E-state index >= 15 is 0 Å². The zero-order chi connectivity index (χ0) is 17.5. The van der Waals surface area contributed by atoms with Crippen LogP contribution in [0.5, 0.6) is 0 Å². The van der Waals surface area contributed by atoms with Crippen LogP contribution in [0.15, 0.2) is 48.7 Å². The van der Waals surface area contributed by atoms with Crippen LogP contribution in [-0.4, -0.2) is 35.1 Å². The Bertz CT molecular complexity index is 691. The monoisotopic (exact) mass is 348 g/mol. The van der Waals surface area contributed by atoms with Crippen LogP contribution < -0.4 is 5.32 Å². The van der Waals surface area contributed by atoms with Crippen molar-refractivity contribution in [3.63, 3.8) is 0 Å². The van der Waals surface area contributed by atoms with Gasteiger partial charge in [0, 0.05) is 19.7 Å². The number of carboxylic acids is 1. The first-order valence-corrected chi connectivity index (χ1v) is 7.60. The molecule has 2 atom stereocenters. The summed E-state index contributed by atoms with van der Waals surface area (Å²) in [4.78, 5) is 27.8. The summed E-state index contributed by atoms with van der Waals surface area (Å²) < 4.78 is 5.21. The maximum Gasteiger partial charge on any atom is 0.326 e. The number of amides is 1. The minimum absolute atomic E-state index is 0.0937. The Kier molecular flexibility index (Phi) is 6.28. The molecule has 1 heterocycles. The minimum atomic E-state index is -1.14. The molecular weight excluding hydrogens is 332 g/mol. The Balaban J connectivity index is 2.10. The smallest absolute Gasteiger partial charge is 0.326 e. The minimum Gasteiger partial charge on any atom is -0.480 e. The van der Waals surface area contributed by atoms with Crippen LogP contribution in [0.2, 0.25) is 5.15 Å². The molecule has 0 aliphatic heterocycles. The molecule has 6 nitrogen and oxygen atoms in total. The molecule has 1 aromatic carbocycles. The number of benzene rings is 1. The van der Waals surface area contributed by atoms with Gasteiger partial charge in [-0.15, -0.1) is 0 Å². The van der Waals surface area contributed by atoms with Gasteiger partial charge in [-0.25, -0.2) is 9.78 Å². The van der Waals surface area contributed by atoms with Gasteiger partial charge in [0.25, 0.3) is 5.91 Å². The standard InChI is InChI=1S/C17H17ClN2O4/c1-24-15(12-5-3-2-4-6-12)16(21)20-13(17(22)23)9-11-7-8-14(18)19-10-11/h2-8,10,13,15H,9H2,1H3,(H,20,21)(H,22,23)/t13-,15-/m0/s1. The van der Waals surface area contributed by atoms with Crippen LogP contribution in [0.1, 0.15) is 17.2 Å². The van der Waals surface area contributed by atoms with Crippen molar-refractivity contribution >= 4 is 23.5 Å². The predicted molar refractivity (Wildman–Crippen MR) is 88.7 cm³/mol. The molecule has 0 bridgehead atoms. The van der Waals surface area contributed by atoms with E-state index in [1.54, 1.807) is 36.4 Å². The number of nitrogens with zero attached hydrogens (tertiary/aromatic N) is 1. The van der Waals surface area contributed by atoms with E-state index in [1.807, 2.05) is 6.07 Å².